The number of ketones is 1. The number of pyridine rings is 4. The third kappa shape index (κ3) is 89.2. The molecule has 0 N–H and O–H groups in total. The lowest BCUT2D eigenvalue weighted by atomic mass is 9.92. The first-order valence-corrected chi connectivity index (χ1v) is 50.4. The van der Waals surface area contributed by atoms with Gasteiger partial charge < -0.3 is 0 Å². The van der Waals surface area contributed by atoms with E-state index >= 15 is 0 Å². The van der Waals surface area contributed by atoms with Crippen molar-refractivity contribution < 1.29 is 21.6 Å². The Bertz CT molecular complexity index is 2930. The highest BCUT2D eigenvalue weighted by Gasteiger charge is 2.37. The summed E-state index contributed by atoms with van der Waals surface area (Å²) < 4.78 is 45.0. The monoisotopic (exact) mass is 1720 g/mol. The van der Waals surface area contributed by atoms with Crippen molar-refractivity contribution >= 4 is 25.5 Å². The molecule has 7 aromatic rings. The van der Waals surface area contributed by atoms with E-state index in [2.05, 4.69) is 178 Å². The Balaban J connectivity index is -0.0000000846. The van der Waals surface area contributed by atoms with Gasteiger partial charge in [0.15, 0.2) is 9.84 Å². The third-order valence-electron chi connectivity index (χ3n) is 14.9. The van der Waals surface area contributed by atoms with Gasteiger partial charge >= 0.3 is 0 Å². The third-order valence-corrected chi connectivity index (χ3v) is 19.6. The summed E-state index contributed by atoms with van der Waals surface area (Å²) in [6, 6.07) is 23.7. The second-order valence-electron chi connectivity index (χ2n) is 26.7. The topological polar surface area (TPSA) is 214 Å². The number of carbonyl (C=O) groups is 1. The van der Waals surface area contributed by atoms with Crippen LogP contribution in [0.4, 0.5) is 0 Å². The van der Waals surface area contributed by atoms with Crippen LogP contribution in [0.25, 0.3) is 0 Å². The largest absolute Gasteiger partial charge is 0.299 e. The fraction of sp³-hybridized carbons (Fsp3) is 0.680. The smallest absolute Gasteiger partial charge is 0.247 e. The zero-order chi connectivity index (χ0) is 97.4. The van der Waals surface area contributed by atoms with Gasteiger partial charge in [0.1, 0.15) is 17.4 Å². The SMILES string of the molecule is CC.CC.CC.CC.CC.CC.CC.CC.CC.CC.CC.CC.CC.CC.CC(C)C(=O)C1CC1.CC(C)C(C)c1cccnc1.CC(C)C(C)c1ncccn1.CC(C)Cc1ccccn1.CC(C)Cc1cccnc1.CC(C)Cc1ncccn1.CC(C)S(=O)(=O)C1CC1.CC(C)S(=O)(=O)c1ncccn1.CC(C)[C@H](C)c1cccnc1. The summed E-state index contributed by atoms with van der Waals surface area (Å²) in [5.74, 6) is 8.82. The number of rotatable bonds is 18. The van der Waals surface area contributed by atoms with E-state index in [1.165, 1.54) is 34.8 Å². The fourth-order valence-electron chi connectivity index (χ4n) is 7.90. The number of sulfone groups is 2. The van der Waals surface area contributed by atoms with E-state index in [4.69, 9.17) is 0 Å². The van der Waals surface area contributed by atoms with Crippen molar-refractivity contribution in [3.63, 3.8) is 0 Å². The van der Waals surface area contributed by atoms with Crippen molar-refractivity contribution in [3.05, 3.63) is 187 Å². The molecular formula is C103H200N10O5S2. The Morgan fingerprint density at radius 1 is 0.325 bits per heavy atom. The summed E-state index contributed by atoms with van der Waals surface area (Å²) in [6.07, 6.45) is 30.4. The first kappa shape index (κ1) is 145. The summed E-state index contributed by atoms with van der Waals surface area (Å²) in [4.78, 5) is 51.3. The van der Waals surface area contributed by atoms with Crippen LogP contribution in [0.15, 0.2) is 159 Å². The van der Waals surface area contributed by atoms with Gasteiger partial charge in [0.25, 0.3) is 0 Å². The second-order valence-corrected chi connectivity index (χ2v) is 31.9. The van der Waals surface area contributed by atoms with Crippen molar-refractivity contribution in [1.29, 1.82) is 0 Å². The molecule has 17 heteroatoms. The minimum atomic E-state index is -3.30. The van der Waals surface area contributed by atoms with Crippen LogP contribution in [-0.4, -0.2) is 88.2 Å². The predicted molar refractivity (Wildman–Crippen MR) is 539 cm³/mol. The average molecular weight is 1720 g/mol. The average Bonchev–Trinajstić information content (AvgIpc) is 1.67. The highest BCUT2D eigenvalue weighted by molar-refractivity contribution is 7.92. The molecule has 2 fully saturated rings. The molecule has 2 aliphatic carbocycles. The number of Topliss-reactive ketones (excluding diaryl/α,β-unsaturated/α-hetero) is 1. The predicted octanol–water partition coefficient (Wildman–Crippen LogP) is 31.8. The molecule has 15 nitrogen and oxygen atoms in total. The van der Waals surface area contributed by atoms with Gasteiger partial charge in [-0.15, -0.1) is 0 Å². The van der Waals surface area contributed by atoms with Crippen LogP contribution >= 0.6 is 0 Å². The summed E-state index contributed by atoms with van der Waals surface area (Å²) in [5, 5.41) is -0.734. The van der Waals surface area contributed by atoms with Crippen LogP contribution in [0, 0.1) is 47.3 Å². The first-order chi connectivity index (χ1) is 57.3. The van der Waals surface area contributed by atoms with Crippen LogP contribution in [-0.2, 0) is 43.7 Å². The number of hydrogen-bond acceptors (Lipinski definition) is 15. The van der Waals surface area contributed by atoms with Gasteiger partial charge in [-0.3, -0.25) is 24.7 Å². The Labute approximate surface area is 749 Å². The Morgan fingerprint density at radius 3 is 0.892 bits per heavy atom. The molecule has 2 saturated carbocycles. The van der Waals surface area contributed by atoms with Crippen molar-refractivity contribution in [2.45, 2.75) is 423 Å². The van der Waals surface area contributed by atoms with E-state index in [-0.39, 0.29) is 21.6 Å². The van der Waals surface area contributed by atoms with Gasteiger partial charge in [0.05, 0.1) is 15.7 Å². The van der Waals surface area contributed by atoms with E-state index in [0.717, 1.165) is 62.5 Å². The van der Waals surface area contributed by atoms with Crippen molar-refractivity contribution in [2.75, 3.05) is 0 Å². The molecule has 0 saturated heterocycles. The lowest BCUT2D eigenvalue weighted by Gasteiger charge is -2.14. The Morgan fingerprint density at radius 2 is 0.650 bits per heavy atom. The van der Waals surface area contributed by atoms with Crippen LogP contribution in [0.5, 0.6) is 0 Å². The standard InChI is InChI=1S/2C10H15N.C9H14N2.2C9H13N.C8H12N2.C7H10N2O2S.C7H12O.C6H12O2S.14C2H6/c2*1-8(2)9(3)10-5-4-6-11-7-10;1-7(2)8(3)9-10-5-4-6-11-9;1-8(2)6-9-4-3-5-10-7-9;1-8(2)7-9-5-3-4-6-10-9;1-7(2)6-8-9-4-3-5-10-8;1-6(2)12(10,11)7-8-4-3-5-9-7;1-5(2)7(8)6-3-4-6;1-5(2)9(7,8)6-3-4-6;14*1-2/h2*4-9H,1-3H3;4-8H,1-3H3;3-5,7-8H,6H2,1-2H3;3-6,8H,7H2,1-2H3;3-5,7H,6H2,1-2H3;3-6H,1-2H3;5-6H,3-4H2,1-2H3;5-6H,3-4H2,1-2H3;14*1-2H3/t9-;;;;;;;;;;;;;;;;;;;;;;/m0....................../s1. The van der Waals surface area contributed by atoms with Gasteiger partial charge in [0, 0.05) is 110 Å². The van der Waals surface area contributed by atoms with E-state index in [1.807, 2.05) is 294 Å². The molecule has 7 heterocycles. The molecule has 9 rings (SSSR count). The van der Waals surface area contributed by atoms with Gasteiger partial charge in [-0.2, -0.15) is 0 Å². The van der Waals surface area contributed by atoms with Crippen molar-refractivity contribution in [1.82, 2.24) is 49.8 Å². The van der Waals surface area contributed by atoms with Gasteiger partial charge in [0.2, 0.25) is 15.0 Å². The van der Waals surface area contributed by atoms with E-state index in [9.17, 15) is 21.6 Å². The van der Waals surface area contributed by atoms with Crippen molar-refractivity contribution in [3.8, 4) is 0 Å². The van der Waals surface area contributed by atoms with Gasteiger partial charge in [-0.05, 0) is 179 Å². The fourth-order valence-corrected chi connectivity index (χ4v) is 10.3. The van der Waals surface area contributed by atoms with Crippen LogP contribution in [0.3, 0.4) is 0 Å². The minimum Gasteiger partial charge on any atom is -0.299 e. The zero-order valence-electron chi connectivity index (χ0n) is 87.8. The lowest BCUT2D eigenvalue weighted by molar-refractivity contribution is -0.123. The molecule has 2 unspecified atom stereocenters. The molecule has 0 spiro atoms. The molecule has 0 radical (unpaired) electrons. The molecule has 0 aromatic carbocycles. The van der Waals surface area contributed by atoms with Gasteiger partial charge in [-0.25, -0.2) is 46.7 Å². The number of carbonyl (C=O) groups excluding carboxylic acids is 1. The molecule has 0 bridgehead atoms. The molecule has 3 atom stereocenters. The maximum absolute atomic E-state index is 11.4. The molecule has 704 valence electrons. The van der Waals surface area contributed by atoms with E-state index in [0.29, 0.717) is 59.0 Å². The Hall–Kier alpha value is -6.59. The highest BCUT2D eigenvalue weighted by atomic mass is 32.2. The molecule has 2 aliphatic rings. The Kier molecular flexibility index (Phi) is 131. The second kappa shape index (κ2) is 108. The summed E-state index contributed by atoms with van der Waals surface area (Å²) in [6.45, 7) is 99.7. The number of nitrogens with zero attached hydrogens (tertiary/aromatic N) is 10. The first-order valence-electron chi connectivity index (χ1n) is 47.2. The minimum absolute atomic E-state index is 0.0116. The maximum atomic E-state index is 11.4. The molecule has 7 aromatic heterocycles. The summed E-state index contributed by atoms with van der Waals surface area (Å²) in [5.41, 5.74) is 5.19. The molecule has 120 heavy (non-hydrogen) atoms. The summed E-state index contributed by atoms with van der Waals surface area (Å²) in [7, 11) is -6.00. The molecule has 0 aliphatic heterocycles. The molecule has 0 amide bonds. The number of aromatic nitrogens is 10. The number of hydrogen-bond donors (Lipinski definition) is 0. The van der Waals surface area contributed by atoms with Crippen LogP contribution in [0.2, 0.25) is 0 Å². The highest BCUT2D eigenvalue weighted by Crippen LogP contribution is 2.32. The van der Waals surface area contributed by atoms with Crippen LogP contribution < -0.4 is 0 Å². The maximum Gasteiger partial charge on any atom is 0.247 e. The van der Waals surface area contributed by atoms with E-state index in [1.54, 1.807) is 58.5 Å². The van der Waals surface area contributed by atoms with E-state index < -0.39 is 24.9 Å². The van der Waals surface area contributed by atoms with Gasteiger partial charge in [-0.1, -0.05) is 336 Å². The molecular weight excluding hydrogens is 1520 g/mol. The summed E-state index contributed by atoms with van der Waals surface area (Å²) >= 11 is 0. The van der Waals surface area contributed by atoms with Crippen molar-refractivity contribution in [2.24, 2.45) is 47.3 Å². The van der Waals surface area contributed by atoms with Crippen LogP contribution in [0.1, 0.15) is 417 Å². The lowest BCUT2D eigenvalue weighted by Crippen LogP contribution is -2.18. The normalized spacial score (nSPS) is 11.0. The quantitative estimate of drug-likeness (QED) is 0.0731. The zero-order valence-corrected chi connectivity index (χ0v) is 89.4.